The number of halogens is 1. The Morgan fingerprint density at radius 2 is 1.89 bits per heavy atom. The number of rotatable bonds is 1. The molecular weight excluding hydrogens is 262 g/mol. The molecule has 0 aliphatic heterocycles. The molecule has 1 aliphatic carbocycles. The number of ketones is 1. The molecule has 3 nitrogen and oxygen atoms in total. The third-order valence-electron chi connectivity index (χ3n) is 2.79. The Morgan fingerprint density at radius 3 is 2.58 bits per heavy atom. The minimum Gasteiger partial charge on any atom is -0.290 e. The van der Waals surface area contributed by atoms with Crippen LogP contribution >= 0.6 is 11.6 Å². The summed E-state index contributed by atoms with van der Waals surface area (Å²) >= 11 is 5.83. The van der Waals surface area contributed by atoms with Gasteiger partial charge in [-0.2, -0.15) is 0 Å². The molecule has 1 aromatic rings. The second-order valence-corrected chi connectivity index (χ2v) is 4.77. The van der Waals surface area contributed by atoms with E-state index < -0.39 is 0 Å². The molecule has 96 valence electrons. The van der Waals surface area contributed by atoms with Gasteiger partial charge in [0.15, 0.2) is 5.78 Å². The van der Waals surface area contributed by atoms with E-state index in [0.717, 1.165) is 0 Å². The summed E-state index contributed by atoms with van der Waals surface area (Å²) < 4.78 is 0. The van der Waals surface area contributed by atoms with E-state index in [1.165, 1.54) is 6.08 Å². The van der Waals surface area contributed by atoms with Gasteiger partial charge in [0.2, 0.25) is 0 Å². The average Bonchev–Trinajstić information content (AvgIpc) is 2.36. The molecule has 0 N–H and O–H groups in total. The zero-order chi connectivity index (χ0) is 14.0. The lowest BCUT2D eigenvalue weighted by Crippen LogP contribution is -2.12. The van der Waals surface area contributed by atoms with Crippen molar-refractivity contribution in [1.29, 1.82) is 0 Å². The summed E-state index contributed by atoms with van der Waals surface area (Å²) in [5.41, 5.74) is 2.20. The normalized spacial score (nSPS) is 17.2. The number of carbonyl (C=O) groups is 2. The summed E-state index contributed by atoms with van der Waals surface area (Å²) in [5.74, 6) is -0.421. The minimum atomic E-state index is -0.372. The Bertz CT molecular complexity index is 654. The van der Waals surface area contributed by atoms with Gasteiger partial charge in [-0.05, 0) is 55.3 Å². The van der Waals surface area contributed by atoms with Crippen molar-refractivity contribution in [2.24, 2.45) is 4.99 Å². The van der Waals surface area contributed by atoms with Crippen LogP contribution in [0.5, 0.6) is 0 Å². The summed E-state index contributed by atoms with van der Waals surface area (Å²) in [7, 11) is 0. The highest BCUT2D eigenvalue weighted by Gasteiger charge is 2.14. The fourth-order valence-corrected chi connectivity index (χ4v) is 1.88. The van der Waals surface area contributed by atoms with Crippen LogP contribution in [0.25, 0.3) is 0 Å². The maximum Gasteiger partial charge on any atom is 0.277 e. The van der Waals surface area contributed by atoms with Crippen molar-refractivity contribution < 1.29 is 9.59 Å². The van der Waals surface area contributed by atoms with Crippen molar-refractivity contribution in [3.63, 3.8) is 0 Å². The highest BCUT2D eigenvalue weighted by Crippen LogP contribution is 2.15. The van der Waals surface area contributed by atoms with Crippen molar-refractivity contribution >= 4 is 29.0 Å². The quantitative estimate of drug-likeness (QED) is 0.736. The van der Waals surface area contributed by atoms with Crippen molar-refractivity contribution in [3.8, 4) is 0 Å². The summed E-state index contributed by atoms with van der Waals surface area (Å²) in [6, 6.07) is 6.61. The predicted octanol–water partition coefficient (Wildman–Crippen LogP) is 3.40. The lowest BCUT2D eigenvalue weighted by atomic mass is 9.98. The smallest absolute Gasteiger partial charge is 0.277 e. The van der Waals surface area contributed by atoms with Gasteiger partial charge >= 0.3 is 0 Å². The van der Waals surface area contributed by atoms with Crippen LogP contribution in [-0.4, -0.2) is 17.4 Å². The van der Waals surface area contributed by atoms with Gasteiger partial charge in [0.25, 0.3) is 5.91 Å². The van der Waals surface area contributed by atoms with Crippen molar-refractivity contribution in [1.82, 2.24) is 0 Å². The molecule has 0 fully saturated rings. The van der Waals surface area contributed by atoms with Gasteiger partial charge in [0, 0.05) is 10.6 Å². The fraction of sp³-hybridized carbons (Fsp3) is 0.133. The first-order valence-electron chi connectivity index (χ1n) is 5.77. The zero-order valence-corrected chi connectivity index (χ0v) is 11.4. The van der Waals surface area contributed by atoms with Crippen LogP contribution in [0.4, 0.5) is 0 Å². The van der Waals surface area contributed by atoms with Gasteiger partial charge in [-0.3, -0.25) is 9.59 Å². The molecule has 1 aliphatic rings. The number of carbonyl (C=O) groups excluding carboxylic acids is 2. The lowest BCUT2D eigenvalue weighted by molar-refractivity contribution is -0.111. The SMILES string of the molecule is CC1=CC(=NC(=O)c2cccc(Cl)c2)C(C)=CC1=O. The van der Waals surface area contributed by atoms with Gasteiger partial charge in [-0.25, -0.2) is 4.99 Å². The number of nitrogens with zero attached hydrogens (tertiary/aromatic N) is 1. The third kappa shape index (κ3) is 3.06. The first kappa shape index (κ1) is 13.4. The summed E-state index contributed by atoms with van der Waals surface area (Å²) in [5, 5.41) is 0.490. The van der Waals surface area contributed by atoms with Crippen molar-refractivity contribution in [2.45, 2.75) is 13.8 Å². The minimum absolute atomic E-state index is 0.0494. The molecule has 0 aromatic heterocycles. The Balaban J connectivity index is 2.34. The number of amides is 1. The molecule has 4 heteroatoms. The predicted molar refractivity (Wildman–Crippen MR) is 75.7 cm³/mol. The summed E-state index contributed by atoms with van der Waals surface area (Å²) in [6.45, 7) is 3.45. The van der Waals surface area contributed by atoms with E-state index in [4.69, 9.17) is 11.6 Å². The van der Waals surface area contributed by atoms with E-state index in [0.29, 0.717) is 27.4 Å². The van der Waals surface area contributed by atoms with Crippen molar-refractivity contribution in [3.05, 3.63) is 58.1 Å². The molecule has 1 amide bonds. The number of aliphatic imine (C=N–C) groups is 1. The maximum atomic E-state index is 12.0. The molecular formula is C15H12ClNO2. The van der Waals surface area contributed by atoms with Gasteiger partial charge in [0.1, 0.15) is 0 Å². The van der Waals surface area contributed by atoms with Gasteiger partial charge in [0.05, 0.1) is 5.71 Å². The van der Waals surface area contributed by atoms with Crippen LogP contribution in [0.1, 0.15) is 24.2 Å². The van der Waals surface area contributed by atoms with Gasteiger partial charge in [-0.15, -0.1) is 0 Å². The van der Waals surface area contributed by atoms with E-state index in [2.05, 4.69) is 4.99 Å². The first-order chi connectivity index (χ1) is 8.97. The molecule has 0 spiro atoms. The van der Waals surface area contributed by atoms with E-state index in [1.807, 2.05) is 0 Å². The molecule has 0 saturated heterocycles. The molecule has 0 bridgehead atoms. The second kappa shape index (κ2) is 5.33. The Morgan fingerprint density at radius 1 is 1.16 bits per heavy atom. The highest BCUT2D eigenvalue weighted by atomic mass is 35.5. The van der Waals surface area contributed by atoms with Crippen LogP contribution in [-0.2, 0) is 4.79 Å². The second-order valence-electron chi connectivity index (χ2n) is 4.33. The number of hydrogen-bond donors (Lipinski definition) is 0. The average molecular weight is 274 g/mol. The zero-order valence-electron chi connectivity index (χ0n) is 10.6. The Hall–Kier alpha value is -2.00. The van der Waals surface area contributed by atoms with Crippen LogP contribution < -0.4 is 0 Å². The highest BCUT2D eigenvalue weighted by molar-refractivity contribution is 6.31. The molecule has 1 aromatic carbocycles. The van der Waals surface area contributed by atoms with Crippen LogP contribution in [0.15, 0.2) is 52.6 Å². The largest absolute Gasteiger partial charge is 0.290 e. The molecule has 19 heavy (non-hydrogen) atoms. The number of allylic oxidation sites excluding steroid dienone is 4. The Labute approximate surface area is 116 Å². The van der Waals surface area contributed by atoms with E-state index in [1.54, 1.807) is 44.2 Å². The third-order valence-corrected chi connectivity index (χ3v) is 3.02. The lowest BCUT2D eigenvalue weighted by Gasteiger charge is -2.09. The molecule has 2 rings (SSSR count). The first-order valence-corrected chi connectivity index (χ1v) is 6.15. The summed E-state index contributed by atoms with van der Waals surface area (Å²) in [6.07, 6.45) is 3.11. The van der Waals surface area contributed by atoms with Crippen LogP contribution in [0.3, 0.4) is 0 Å². The maximum absolute atomic E-state index is 12.0. The van der Waals surface area contributed by atoms with E-state index in [-0.39, 0.29) is 11.7 Å². The number of hydrogen-bond acceptors (Lipinski definition) is 2. The van der Waals surface area contributed by atoms with Gasteiger partial charge in [-0.1, -0.05) is 17.7 Å². The Kier molecular flexibility index (Phi) is 3.76. The van der Waals surface area contributed by atoms with E-state index in [9.17, 15) is 9.59 Å². The monoisotopic (exact) mass is 273 g/mol. The van der Waals surface area contributed by atoms with E-state index >= 15 is 0 Å². The molecule has 0 saturated carbocycles. The molecule has 0 radical (unpaired) electrons. The van der Waals surface area contributed by atoms with Crippen LogP contribution in [0.2, 0.25) is 5.02 Å². The topological polar surface area (TPSA) is 46.5 Å². The fourth-order valence-electron chi connectivity index (χ4n) is 1.69. The van der Waals surface area contributed by atoms with Crippen molar-refractivity contribution in [2.75, 3.05) is 0 Å². The summed E-state index contributed by atoms with van der Waals surface area (Å²) in [4.78, 5) is 27.5. The molecule has 0 unspecified atom stereocenters. The number of benzene rings is 1. The van der Waals surface area contributed by atoms with Gasteiger partial charge < -0.3 is 0 Å². The van der Waals surface area contributed by atoms with Crippen LogP contribution in [0, 0.1) is 0 Å². The molecule has 0 heterocycles. The molecule has 0 atom stereocenters. The standard InChI is InChI=1S/C15H12ClNO2/c1-9-7-14(18)10(2)6-13(9)17-15(19)11-4-3-5-12(16)8-11/h3-8H,1-2H3.